The van der Waals surface area contributed by atoms with Crippen LogP contribution in [0.1, 0.15) is 23.0 Å². The van der Waals surface area contributed by atoms with E-state index in [0.717, 1.165) is 12.1 Å². The summed E-state index contributed by atoms with van der Waals surface area (Å²) in [6.45, 7) is 1.32. The van der Waals surface area contributed by atoms with E-state index in [-0.39, 0.29) is 23.0 Å². The topological polar surface area (TPSA) is 78.1 Å². The fourth-order valence-electron chi connectivity index (χ4n) is 1.55. The maximum absolute atomic E-state index is 12.4. The first-order valence-corrected chi connectivity index (χ1v) is 5.76. The lowest BCUT2D eigenvalue weighted by Crippen LogP contribution is -2.09. The van der Waals surface area contributed by atoms with Gasteiger partial charge >= 0.3 is 6.18 Å². The van der Waals surface area contributed by atoms with Gasteiger partial charge in [0.2, 0.25) is 5.88 Å². The second-order valence-electron chi connectivity index (χ2n) is 4.17. The molecule has 110 valence electrons. The van der Waals surface area contributed by atoms with Gasteiger partial charge in [0.25, 0.3) is 0 Å². The number of anilines is 1. The Labute approximate surface area is 117 Å². The van der Waals surface area contributed by atoms with Gasteiger partial charge in [0.05, 0.1) is 5.56 Å². The summed E-state index contributed by atoms with van der Waals surface area (Å²) >= 11 is 0. The molecule has 1 heterocycles. The monoisotopic (exact) mass is 297 g/mol. The van der Waals surface area contributed by atoms with Crippen LogP contribution in [0, 0.1) is 0 Å². The van der Waals surface area contributed by atoms with Crippen molar-refractivity contribution in [2.45, 2.75) is 13.1 Å². The van der Waals surface area contributed by atoms with E-state index in [2.05, 4.69) is 10.2 Å². The van der Waals surface area contributed by atoms with Gasteiger partial charge in [0.15, 0.2) is 11.5 Å². The maximum Gasteiger partial charge on any atom is 0.435 e. The molecular weight excluding hydrogens is 287 g/mol. The highest BCUT2D eigenvalue weighted by atomic mass is 19.4. The van der Waals surface area contributed by atoms with E-state index in [1.807, 2.05) is 0 Å². The van der Waals surface area contributed by atoms with E-state index in [1.165, 1.54) is 25.1 Å². The molecule has 21 heavy (non-hydrogen) atoms. The molecule has 0 radical (unpaired) electrons. The zero-order chi connectivity index (χ0) is 15.6. The van der Waals surface area contributed by atoms with Crippen LogP contribution in [0.4, 0.5) is 18.9 Å². The van der Waals surface area contributed by atoms with Crippen molar-refractivity contribution < 1.29 is 22.7 Å². The van der Waals surface area contributed by atoms with Crippen LogP contribution in [0.25, 0.3) is 0 Å². The first-order chi connectivity index (χ1) is 9.77. The van der Waals surface area contributed by atoms with E-state index in [1.54, 1.807) is 0 Å². The van der Waals surface area contributed by atoms with Crippen LogP contribution < -0.4 is 10.5 Å². The van der Waals surface area contributed by atoms with E-state index in [4.69, 9.17) is 10.5 Å². The molecule has 2 N–H and O–H groups in total. The number of nitrogens with zero attached hydrogens (tertiary/aromatic N) is 2. The van der Waals surface area contributed by atoms with Crippen molar-refractivity contribution in [3.8, 4) is 11.6 Å². The smallest absolute Gasteiger partial charge is 0.435 e. The van der Waals surface area contributed by atoms with Gasteiger partial charge < -0.3 is 10.5 Å². The van der Waals surface area contributed by atoms with Crippen molar-refractivity contribution in [1.82, 2.24) is 10.2 Å². The highest BCUT2D eigenvalue weighted by Crippen LogP contribution is 2.29. The number of nitrogen functional groups attached to an aromatic ring is 1. The van der Waals surface area contributed by atoms with Gasteiger partial charge in [-0.2, -0.15) is 13.2 Å². The number of nitrogens with two attached hydrogens (primary N) is 1. The molecule has 1 aromatic heterocycles. The summed E-state index contributed by atoms with van der Waals surface area (Å²) in [6, 6.07) is 6.11. The van der Waals surface area contributed by atoms with Crippen LogP contribution in [0.15, 0.2) is 30.3 Å². The van der Waals surface area contributed by atoms with Crippen molar-refractivity contribution in [1.29, 1.82) is 0 Å². The number of ether oxygens (including phenoxy) is 1. The molecule has 0 aliphatic heterocycles. The number of ketones is 1. The normalized spacial score (nSPS) is 11.2. The molecule has 0 unspecified atom stereocenters. The summed E-state index contributed by atoms with van der Waals surface area (Å²) in [4.78, 5) is 11.5. The third-order valence-corrected chi connectivity index (χ3v) is 2.53. The van der Waals surface area contributed by atoms with Crippen molar-refractivity contribution in [2.75, 3.05) is 5.73 Å². The molecule has 0 aliphatic rings. The lowest BCUT2D eigenvalue weighted by molar-refractivity contribution is -0.141. The van der Waals surface area contributed by atoms with Crippen LogP contribution in [0.5, 0.6) is 11.6 Å². The van der Waals surface area contributed by atoms with Gasteiger partial charge in [0.1, 0.15) is 5.75 Å². The van der Waals surface area contributed by atoms with Gasteiger partial charge in [-0.15, -0.1) is 10.2 Å². The molecule has 0 amide bonds. The summed E-state index contributed by atoms with van der Waals surface area (Å²) in [5, 5.41) is 6.36. The number of hydrogen-bond donors (Lipinski definition) is 1. The fraction of sp³-hybridized carbons (Fsp3) is 0.154. The van der Waals surface area contributed by atoms with E-state index >= 15 is 0 Å². The van der Waals surface area contributed by atoms with Gasteiger partial charge in [-0.1, -0.05) is 0 Å². The first-order valence-electron chi connectivity index (χ1n) is 5.76. The molecule has 0 fully saturated rings. The molecule has 0 bridgehead atoms. The summed E-state index contributed by atoms with van der Waals surface area (Å²) in [6.07, 6.45) is -4.57. The van der Waals surface area contributed by atoms with E-state index in [0.29, 0.717) is 5.69 Å². The molecule has 5 nitrogen and oxygen atoms in total. The van der Waals surface area contributed by atoms with Crippen LogP contribution in [0.3, 0.4) is 0 Å². The fourth-order valence-corrected chi connectivity index (χ4v) is 1.55. The molecule has 2 aromatic rings. The van der Waals surface area contributed by atoms with Crippen molar-refractivity contribution in [2.24, 2.45) is 0 Å². The van der Waals surface area contributed by atoms with Crippen LogP contribution >= 0.6 is 0 Å². The molecule has 0 saturated heterocycles. The molecule has 1 aromatic carbocycles. The van der Waals surface area contributed by atoms with E-state index in [9.17, 15) is 18.0 Å². The van der Waals surface area contributed by atoms with Gasteiger partial charge in [0, 0.05) is 11.8 Å². The molecule has 0 saturated carbocycles. The Balaban J connectivity index is 2.28. The summed E-state index contributed by atoms with van der Waals surface area (Å²) in [5.41, 5.74) is 5.01. The zero-order valence-electron chi connectivity index (χ0n) is 10.8. The minimum atomic E-state index is -4.57. The van der Waals surface area contributed by atoms with Crippen LogP contribution in [-0.2, 0) is 6.18 Å². The second-order valence-corrected chi connectivity index (χ2v) is 4.17. The van der Waals surface area contributed by atoms with Crippen molar-refractivity contribution in [3.05, 3.63) is 41.6 Å². The van der Waals surface area contributed by atoms with Gasteiger partial charge in [-0.05, 0) is 31.2 Å². The zero-order valence-corrected chi connectivity index (χ0v) is 10.8. The lowest BCUT2D eigenvalue weighted by Gasteiger charge is -2.10. The molecule has 8 heteroatoms. The molecule has 0 aliphatic carbocycles. The average molecular weight is 297 g/mol. The molecular formula is C13H10F3N3O2. The predicted octanol–water partition coefficient (Wildman–Crippen LogP) is 3.07. The summed E-state index contributed by atoms with van der Waals surface area (Å²) < 4.78 is 42.4. The third-order valence-electron chi connectivity index (χ3n) is 2.53. The van der Waals surface area contributed by atoms with Crippen LogP contribution in [0.2, 0.25) is 0 Å². The van der Waals surface area contributed by atoms with Crippen LogP contribution in [-0.4, -0.2) is 16.0 Å². The minimum Gasteiger partial charge on any atom is -0.437 e. The Hall–Kier alpha value is -2.64. The Kier molecular flexibility index (Phi) is 3.79. The molecule has 2 rings (SSSR count). The number of aromatic nitrogens is 2. The Morgan fingerprint density at radius 1 is 1.19 bits per heavy atom. The number of carbonyl (C=O) groups excluding carboxylic acids is 1. The number of benzene rings is 1. The number of halogens is 3. The number of carbonyl (C=O) groups is 1. The third kappa shape index (κ3) is 3.47. The summed E-state index contributed by atoms with van der Waals surface area (Å²) in [7, 11) is 0. The molecule has 0 atom stereocenters. The largest absolute Gasteiger partial charge is 0.437 e. The standard InChI is InChI=1S/C13H10F3N3O2/c1-7(20)9-6-8(17)2-3-10(9)21-12-5-4-11(18-19-12)13(14,15)16/h2-6H,17H2,1H3. The first kappa shape index (κ1) is 14.8. The Bertz CT molecular complexity index is 669. The maximum atomic E-state index is 12.4. The average Bonchev–Trinajstić information content (AvgIpc) is 2.40. The SMILES string of the molecule is CC(=O)c1cc(N)ccc1Oc1ccc(C(F)(F)F)nn1. The lowest BCUT2D eigenvalue weighted by atomic mass is 10.1. The van der Waals surface area contributed by atoms with Gasteiger partial charge in [-0.3, -0.25) is 4.79 Å². The highest BCUT2D eigenvalue weighted by molar-refractivity contribution is 5.97. The van der Waals surface area contributed by atoms with E-state index < -0.39 is 11.9 Å². The number of hydrogen-bond acceptors (Lipinski definition) is 5. The Morgan fingerprint density at radius 2 is 1.90 bits per heavy atom. The van der Waals surface area contributed by atoms with Gasteiger partial charge in [-0.25, -0.2) is 0 Å². The van der Waals surface area contributed by atoms with Crippen molar-refractivity contribution >= 4 is 11.5 Å². The minimum absolute atomic E-state index is 0.144. The highest BCUT2D eigenvalue weighted by Gasteiger charge is 2.33. The quantitative estimate of drug-likeness (QED) is 0.695. The Morgan fingerprint density at radius 3 is 2.43 bits per heavy atom. The molecule has 0 spiro atoms. The number of alkyl halides is 3. The second kappa shape index (κ2) is 5.39. The summed E-state index contributed by atoms with van der Waals surface area (Å²) in [5.74, 6) is -0.307. The number of rotatable bonds is 3. The number of Topliss-reactive ketones (excluding diaryl/α,β-unsaturated/α-hetero) is 1. The van der Waals surface area contributed by atoms with Crippen molar-refractivity contribution in [3.63, 3.8) is 0 Å². The predicted molar refractivity (Wildman–Crippen MR) is 68.0 cm³/mol.